The van der Waals surface area contributed by atoms with E-state index in [2.05, 4.69) is 5.32 Å². The van der Waals surface area contributed by atoms with Crippen LogP contribution in [0.3, 0.4) is 0 Å². The third-order valence-electron chi connectivity index (χ3n) is 8.85. The Morgan fingerprint density at radius 3 is 2.31 bits per heavy atom. The van der Waals surface area contributed by atoms with Crippen LogP contribution in [0.4, 0.5) is 25.4 Å². The van der Waals surface area contributed by atoms with Gasteiger partial charge in [-0.1, -0.05) is 12.1 Å². The number of piperazine rings is 1. The third kappa shape index (κ3) is 7.66. The highest BCUT2D eigenvalue weighted by molar-refractivity contribution is 6.03. The minimum Gasteiger partial charge on any atom is -0.497 e. The van der Waals surface area contributed by atoms with Gasteiger partial charge in [0.2, 0.25) is 5.91 Å². The molecule has 2 atom stereocenters. The third-order valence-corrected chi connectivity index (χ3v) is 8.85. The van der Waals surface area contributed by atoms with Gasteiger partial charge in [-0.3, -0.25) is 19.4 Å². The van der Waals surface area contributed by atoms with Crippen LogP contribution in [-0.4, -0.2) is 97.6 Å². The van der Waals surface area contributed by atoms with Crippen LogP contribution < -0.4 is 30.3 Å². The van der Waals surface area contributed by atoms with Crippen molar-refractivity contribution in [2.45, 2.75) is 32.9 Å². The summed E-state index contributed by atoms with van der Waals surface area (Å²) in [6.07, 6.45) is -0.592. The maximum atomic E-state index is 14.3. The Kier molecular flexibility index (Phi) is 11.3. The Balaban J connectivity index is 0.00000605. The quantitative estimate of drug-likeness (QED) is 0.245. The summed E-state index contributed by atoms with van der Waals surface area (Å²) >= 11 is 0. The minimum absolute atomic E-state index is 0. The normalized spacial score (nSPS) is 14.0. The second-order valence-electron chi connectivity index (χ2n) is 11.9. The number of nitrogens with one attached hydrogen (secondary N) is 1. The van der Waals surface area contributed by atoms with Gasteiger partial charge in [-0.15, -0.1) is 0 Å². The highest BCUT2D eigenvalue weighted by Crippen LogP contribution is 2.37. The lowest BCUT2D eigenvalue weighted by Gasteiger charge is -2.40. The molecular weight excluding hydrogens is 661 g/mol. The standard InChI is InChI=1S/C36H42FN7O7.H2/c1-7-51-36(48)40(4)24(3)33(45)41-18-20-42(21-19-41)44-32(39-29-11-9-8-10-28(29)34(44)46)23(2)43(30-17-16-27(49-5)22-31(30)50-6)35(47)38-26-14-12-25(37)13-15-26;/h8-17,22-24H,7,18-21H2,1-6H3,(H,38,47);1H/t23?,24-;/m0./s1. The number of carbonyl (C=O) groups excluding carboxylic acids is 3. The fourth-order valence-electron chi connectivity index (χ4n) is 5.92. The Morgan fingerprint density at radius 2 is 1.67 bits per heavy atom. The Bertz CT molecular complexity index is 1950. The van der Waals surface area contributed by atoms with Crippen LogP contribution in [0.2, 0.25) is 0 Å². The molecule has 1 aliphatic rings. The molecule has 3 aromatic carbocycles. The van der Waals surface area contributed by atoms with E-state index in [1.54, 1.807) is 73.1 Å². The molecule has 5 rings (SSSR count). The zero-order chi connectivity index (χ0) is 36.8. The minimum atomic E-state index is -0.886. The van der Waals surface area contributed by atoms with Gasteiger partial charge in [0.15, 0.2) is 5.82 Å². The second-order valence-corrected chi connectivity index (χ2v) is 11.9. The van der Waals surface area contributed by atoms with Gasteiger partial charge in [0.1, 0.15) is 23.4 Å². The average Bonchev–Trinajstić information content (AvgIpc) is 3.15. The summed E-state index contributed by atoms with van der Waals surface area (Å²) in [7, 11) is 4.50. The fourth-order valence-corrected chi connectivity index (χ4v) is 5.92. The van der Waals surface area contributed by atoms with Crippen LogP contribution in [0.25, 0.3) is 10.9 Å². The lowest BCUT2D eigenvalue weighted by molar-refractivity contribution is -0.136. The molecule has 0 spiro atoms. The maximum Gasteiger partial charge on any atom is 0.410 e. The molecule has 0 aliphatic carbocycles. The molecule has 2 heterocycles. The first-order chi connectivity index (χ1) is 24.5. The number of fused-ring (bicyclic) bond motifs is 1. The molecular formula is C36H44FN7O7. The molecule has 272 valence electrons. The first-order valence-electron chi connectivity index (χ1n) is 16.5. The number of benzene rings is 3. The molecule has 4 amide bonds. The maximum absolute atomic E-state index is 14.3. The molecule has 1 fully saturated rings. The van der Waals surface area contributed by atoms with Crippen molar-refractivity contribution < 1.29 is 34.4 Å². The molecule has 14 nitrogen and oxygen atoms in total. The highest BCUT2D eigenvalue weighted by atomic mass is 19.1. The monoisotopic (exact) mass is 705 g/mol. The SMILES string of the molecule is CCOC(=O)N(C)[C@@H](C)C(=O)N1CCN(n2c(C(C)N(C(=O)Nc3ccc(F)cc3)c3ccc(OC)cc3OC)nc3ccccc3c2=O)CC1.[HH]. The predicted molar refractivity (Wildman–Crippen MR) is 193 cm³/mol. The first-order valence-corrected chi connectivity index (χ1v) is 16.5. The topological polar surface area (TPSA) is 139 Å². The smallest absolute Gasteiger partial charge is 0.410 e. The molecule has 4 aromatic rings. The molecule has 1 unspecified atom stereocenters. The summed E-state index contributed by atoms with van der Waals surface area (Å²) in [5, 5.41) is 5.01. The molecule has 0 radical (unpaired) electrons. The van der Waals surface area contributed by atoms with E-state index in [0.717, 1.165) is 0 Å². The molecule has 1 aliphatic heterocycles. The number of hydrogen-bond acceptors (Lipinski definition) is 9. The number of aromatic nitrogens is 2. The van der Waals surface area contributed by atoms with Crippen molar-refractivity contribution in [3.63, 3.8) is 0 Å². The molecule has 15 heteroatoms. The largest absolute Gasteiger partial charge is 0.497 e. The van der Waals surface area contributed by atoms with E-state index in [1.165, 1.54) is 60.0 Å². The van der Waals surface area contributed by atoms with Crippen molar-refractivity contribution in [1.82, 2.24) is 19.5 Å². The number of rotatable bonds is 10. The number of amides is 4. The van der Waals surface area contributed by atoms with Crippen LogP contribution in [0.5, 0.6) is 11.5 Å². The number of methoxy groups -OCH3 is 2. The van der Waals surface area contributed by atoms with E-state index in [4.69, 9.17) is 19.2 Å². The van der Waals surface area contributed by atoms with E-state index in [0.29, 0.717) is 33.8 Å². The van der Waals surface area contributed by atoms with Crippen molar-refractivity contribution in [3.8, 4) is 11.5 Å². The molecule has 0 bridgehead atoms. The molecule has 0 saturated carbocycles. The van der Waals surface area contributed by atoms with Crippen molar-refractivity contribution in [1.29, 1.82) is 0 Å². The average molecular weight is 706 g/mol. The molecule has 1 saturated heterocycles. The van der Waals surface area contributed by atoms with Crippen LogP contribution in [0, 0.1) is 5.82 Å². The van der Waals surface area contributed by atoms with Crippen molar-refractivity contribution in [3.05, 3.63) is 88.7 Å². The molecule has 51 heavy (non-hydrogen) atoms. The van der Waals surface area contributed by atoms with Crippen molar-refractivity contribution >= 4 is 40.3 Å². The van der Waals surface area contributed by atoms with Crippen LogP contribution in [0.15, 0.2) is 71.5 Å². The van der Waals surface area contributed by atoms with Gasteiger partial charge in [-0.2, -0.15) is 0 Å². The number of anilines is 2. The first kappa shape index (κ1) is 36.4. The Hall–Kier alpha value is -5.86. The summed E-state index contributed by atoms with van der Waals surface area (Å²) in [5.41, 5.74) is 0.789. The Labute approximate surface area is 296 Å². The van der Waals surface area contributed by atoms with Crippen molar-refractivity contribution in [2.24, 2.45) is 0 Å². The predicted octanol–water partition coefficient (Wildman–Crippen LogP) is 4.86. The summed E-state index contributed by atoms with van der Waals surface area (Å²) in [5.74, 6) is 0.359. The van der Waals surface area contributed by atoms with Gasteiger partial charge in [0.25, 0.3) is 5.56 Å². The fraction of sp³-hybridized carbons (Fsp3) is 0.361. The molecule has 1 N–H and O–H groups in total. The zero-order valence-electron chi connectivity index (χ0n) is 29.5. The number of nitrogens with zero attached hydrogens (tertiary/aromatic N) is 6. The number of hydrogen-bond donors (Lipinski definition) is 1. The van der Waals surface area contributed by atoms with Gasteiger partial charge < -0.3 is 29.4 Å². The Morgan fingerprint density at radius 1 is 0.980 bits per heavy atom. The number of urea groups is 1. The van der Waals surface area contributed by atoms with Gasteiger partial charge in [-0.25, -0.2) is 23.6 Å². The van der Waals surface area contributed by atoms with E-state index < -0.39 is 30.0 Å². The summed E-state index contributed by atoms with van der Waals surface area (Å²) in [6, 6.07) is 15.0. The van der Waals surface area contributed by atoms with E-state index in [9.17, 15) is 23.6 Å². The van der Waals surface area contributed by atoms with Gasteiger partial charge in [0, 0.05) is 33.3 Å². The summed E-state index contributed by atoms with van der Waals surface area (Å²) in [4.78, 5) is 63.4. The number of likely N-dealkylation sites (N-methyl/N-ethyl adjacent to an activating group) is 1. The van der Waals surface area contributed by atoms with Crippen molar-refractivity contribution in [2.75, 3.05) is 69.3 Å². The van der Waals surface area contributed by atoms with Crippen LogP contribution in [0.1, 0.15) is 34.1 Å². The number of carbonyl (C=O) groups is 3. The summed E-state index contributed by atoms with van der Waals surface area (Å²) in [6.45, 7) is 6.30. The second kappa shape index (κ2) is 15.8. The number of para-hydroxylation sites is 1. The van der Waals surface area contributed by atoms with Gasteiger partial charge in [-0.05, 0) is 69.3 Å². The van der Waals surface area contributed by atoms with E-state index in [1.807, 2.05) is 0 Å². The van der Waals surface area contributed by atoms with E-state index >= 15 is 0 Å². The summed E-state index contributed by atoms with van der Waals surface area (Å²) < 4.78 is 31.3. The lowest BCUT2D eigenvalue weighted by Crippen LogP contribution is -2.59. The zero-order valence-corrected chi connectivity index (χ0v) is 29.5. The molecule has 1 aromatic heterocycles. The number of ether oxygens (including phenoxy) is 3. The van der Waals surface area contributed by atoms with Gasteiger partial charge in [0.05, 0.1) is 56.5 Å². The van der Waals surface area contributed by atoms with E-state index in [-0.39, 0.29) is 51.5 Å². The van der Waals surface area contributed by atoms with Crippen LogP contribution >= 0.6 is 0 Å². The highest BCUT2D eigenvalue weighted by Gasteiger charge is 2.34. The van der Waals surface area contributed by atoms with Gasteiger partial charge >= 0.3 is 12.1 Å². The number of halogens is 1. The lowest BCUT2D eigenvalue weighted by atomic mass is 10.1. The van der Waals surface area contributed by atoms with Crippen LogP contribution in [-0.2, 0) is 9.53 Å².